The molecule has 2 aromatic heterocycles. The predicted octanol–water partition coefficient (Wildman–Crippen LogP) is 0.847. The first-order valence-electron chi connectivity index (χ1n) is 10.8. The number of aromatic nitrogens is 4. The van der Waals surface area contributed by atoms with Crippen LogP contribution in [0.25, 0.3) is 0 Å². The van der Waals surface area contributed by atoms with Crippen LogP contribution in [0, 0.1) is 16.7 Å². The molecule has 1 N–H and O–H groups in total. The zero-order valence-electron chi connectivity index (χ0n) is 18.4. The summed E-state index contributed by atoms with van der Waals surface area (Å²) >= 11 is 0. The lowest BCUT2D eigenvalue weighted by Gasteiger charge is -2.32. The highest BCUT2D eigenvalue weighted by atomic mass is 16.2. The van der Waals surface area contributed by atoms with E-state index in [-0.39, 0.29) is 18.4 Å². The molecular formula is C21H27N9O2. The van der Waals surface area contributed by atoms with E-state index in [1.54, 1.807) is 29.3 Å². The van der Waals surface area contributed by atoms with Crippen molar-refractivity contribution in [1.82, 2.24) is 29.5 Å². The van der Waals surface area contributed by atoms with Gasteiger partial charge in [0.1, 0.15) is 17.8 Å². The average Bonchev–Trinajstić information content (AvgIpc) is 3.38. The van der Waals surface area contributed by atoms with Gasteiger partial charge in [0.2, 0.25) is 17.8 Å². The fraction of sp³-hybridized carbons (Fsp3) is 0.524. The summed E-state index contributed by atoms with van der Waals surface area (Å²) in [4.78, 5) is 39.5. The number of nitriles is 1. The molecule has 0 aliphatic carbocycles. The van der Waals surface area contributed by atoms with E-state index in [4.69, 9.17) is 0 Å². The molecule has 0 radical (unpaired) electrons. The first kappa shape index (κ1) is 21.7. The molecule has 0 unspecified atom stereocenters. The number of rotatable bonds is 6. The van der Waals surface area contributed by atoms with Gasteiger partial charge < -0.3 is 15.1 Å². The Balaban J connectivity index is 1.40. The third kappa shape index (κ3) is 4.27. The van der Waals surface area contributed by atoms with Crippen molar-refractivity contribution in [2.75, 3.05) is 50.0 Å². The maximum Gasteiger partial charge on any atom is 0.248 e. The fourth-order valence-corrected chi connectivity index (χ4v) is 4.00. The van der Waals surface area contributed by atoms with Crippen LogP contribution in [0.3, 0.4) is 0 Å². The number of carbonyl (C=O) groups excluding carboxylic acids is 2. The predicted molar refractivity (Wildman–Crippen MR) is 117 cm³/mol. The summed E-state index contributed by atoms with van der Waals surface area (Å²) < 4.78 is 1.58. The van der Waals surface area contributed by atoms with Crippen LogP contribution in [0.15, 0.2) is 24.7 Å². The average molecular weight is 438 g/mol. The van der Waals surface area contributed by atoms with Crippen LogP contribution >= 0.6 is 0 Å². The topological polar surface area (TPSA) is 123 Å². The molecule has 2 aromatic rings. The number of amides is 2. The van der Waals surface area contributed by atoms with Crippen molar-refractivity contribution in [3.8, 4) is 6.07 Å². The van der Waals surface area contributed by atoms with Crippen molar-refractivity contribution in [3.63, 3.8) is 0 Å². The third-order valence-corrected chi connectivity index (χ3v) is 6.19. The van der Waals surface area contributed by atoms with Crippen molar-refractivity contribution in [2.45, 2.75) is 26.3 Å². The van der Waals surface area contributed by atoms with Gasteiger partial charge in [-0.05, 0) is 26.0 Å². The number of hydrogen-bond acceptors (Lipinski definition) is 8. The minimum Gasteiger partial charge on any atom is -0.339 e. The Bertz CT molecular complexity index is 1040. The van der Waals surface area contributed by atoms with Crippen molar-refractivity contribution < 1.29 is 9.59 Å². The second-order valence-electron chi connectivity index (χ2n) is 8.23. The number of anilines is 3. The molecule has 4 rings (SSSR count). The van der Waals surface area contributed by atoms with Gasteiger partial charge in [0.15, 0.2) is 0 Å². The summed E-state index contributed by atoms with van der Waals surface area (Å²) in [7, 11) is 2.05. The maximum absolute atomic E-state index is 12.8. The molecule has 0 saturated carbocycles. The summed E-state index contributed by atoms with van der Waals surface area (Å²) in [6.07, 6.45) is 5.85. The highest BCUT2D eigenvalue weighted by molar-refractivity contribution is 6.01. The van der Waals surface area contributed by atoms with Crippen molar-refractivity contribution in [3.05, 3.63) is 24.7 Å². The minimum atomic E-state index is -0.976. The monoisotopic (exact) mass is 437 g/mol. The van der Waals surface area contributed by atoms with Crippen molar-refractivity contribution >= 4 is 29.3 Å². The molecule has 2 aliphatic rings. The van der Waals surface area contributed by atoms with Gasteiger partial charge in [-0.1, -0.05) is 6.92 Å². The summed E-state index contributed by atoms with van der Waals surface area (Å²) in [6, 6.07) is 3.84. The Morgan fingerprint density at radius 3 is 2.75 bits per heavy atom. The lowest BCUT2D eigenvalue weighted by molar-refractivity contribution is -0.133. The number of nitrogens with one attached hydrogen (secondary N) is 1. The molecule has 11 heteroatoms. The van der Waals surface area contributed by atoms with E-state index in [0.717, 1.165) is 26.2 Å². The van der Waals surface area contributed by atoms with E-state index >= 15 is 0 Å². The fourth-order valence-electron chi connectivity index (χ4n) is 4.00. The van der Waals surface area contributed by atoms with Crippen LogP contribution in [-0.4, -0.2) is 81.1 Å². The number of likely N-dealkylation sites (N-methyl/N-ethyl adjacent to an activating group) is 1. The van der Waals surface area contributed by atoms with E-state index < -0.39 is 5.41 Å². The van der Waals surface area contributed by atoms with E-state index in [0.29, 0.717) is 36.8 Å². The number of carbonyl (C=O) groups is 2. The highest BCUT2D eigenvalue weighted by Gasteiger charge is 2.46. The molecule has 0 aromatic carbocycles. The van der Waals surface area contributed by atoms with Crippen LogP contribution in [0.4, 0.5) is 17.5 Å². The number of nitrogens with zero attached hydrogens (tertiary/aromatic N) is 8. The molecule has 2 aliphatic heterocycles. The number of hydrogen-bond donors (Lipinski definition) is 1. The standard InChI is InChI=1S/C21H27N9O2/c1-3-21(15-22)5-7-30(19(21)32)17-4-6-23-20(26-17)25-16-12-24-29(13-16)14-18(31)28-10-8-27(2)9-11-28/h4,6,12-13H,3,5,7-11,14H2,1-2H3,(H,23,25,26)/t21-/m1/s1. The summed E-state index contributed by atoms with van der Waals surface area (Å²) in [5.74, 6) is 0.583. The van der Waals surface area contributed by atoms with Gasteiger partial charge in [-0.2, -0.15) is 15.3 Å². The van der Waals surface area contributed by atoms with Gasteiger partial charge in [-0.25, -0.2) is 4.98 Å². The molecule has 4 heterocycles. The smallest absolute Gasteiger partial charge is 0.248 e. The maximum atomic E-state index is 12.8. The first-order valence-corrected chi connectivity index (χ1v) is 10.8. The Labute approximate surface area is 186 Å². The lowest BCUT2D eigenvalue weighted by atomic mass is 9.85. The third-order valence-electron chi connectivity index (χ3n) is 6.19. The first-order chi connectivity index (χ1) is 15.4. The zero-order valence-corrected chi connectivity index (χ0v) is 18.4. The van der Waals surface area contributed by atoms with Gasteiger partial charge in [-0.3, -0.25) is 19.2 Å². The molecule has 2 fully saturated rings. The molecule has 2 saturated heterocycles. The van der Waals surface area contributed by atoms with Gasteiger partial charge in [0.05, 0.1) is 18.0 Å². The normalized spacial score (nSPS) is 21.6. The summed E-state index contributed by atoms with van der Waals surface area (Å²) in [5.41, 5.74) is -0.336. The minimum absolute atomic E-state index is 0.0374. The van der Waals surface area contributed by atoms with Crippen LogP contribution < -0.4 is 10.2 Å². The van der Waals surface area contributed by atoms with Gasteiger partial charge in [0.25, 0.3) is 0 Å². The molecule has 11 nitrogen and oxygen atoms in total. The largest absolute Gasteiger partial charge is 0.339 e. The van der Waals surface area contributed by atoms with Gasteiger partial charge in [0, 0.05) is 45.1 Å². The zero-order chi connectivity index (χ0) is 22.7. The molecule has 2 amide bonds. The summed E-state index contributed by atoms with van der Waals surface area (Å²) in [5, 5.41) is 16.8. The molecule has 1 atom stereocenters. The van der Waals surface area contributed by atoms with E-state index in [9.17, 15) is 14.9 Å². The van der Waals surface area contributed by atoms with Gasteiger partial charge in [-0.15, -0.1) is 0 Å². The molecule has 32 heavy (non-hydrogen) atoms. The van der Waals surface area contributed by atoms with Crippen LogP contribution in [0.2, 0.25) is 0 Å². The number of piperazine rings is 1. The molecule has 0 spiro atoms. The molecule has 168 valence electrons. The lowest BCUT2D eigenvalue weighted by Crippen LogP contribution is -2.48. The SMILES string of the molecule is CC[C@]1(C#N)CCN(c2ccnc(Nc3cnn(CC(=O)N4CCN(C)CC4)c3)n2)C1=O. The van der Waals surface area contributed by atoms with E-state index in [1.807, 2.05) is 18.9 Å². The van der Waals surface area contributed by atoms with Crippen molar-refractivity contribution in [1.29, 1.82) is 5.26 Å². The Morgan fingerprint density at radius 1 is 1.28 bits per heavy atom. The Kier molecular flexibility index (Phi) is 6.05. The second kappa shape index (κ2) is 8.92. The van der Waals surface area contributed by atoms with Crippen molar-refractivity contribution in [2.24, 2.45) is 5.41 Å². The molecular weight excluding hydrogens is 410 g/mol. The quantitative estimate of drug-likeness (QED) is 0.705. The highest BCUT2D eigenvalue weighted by Crippen LogP contribution is 2.36. The second-order valence-corrected chi connectivity index (χ2v) is 8.23. The Morgan fingerprint density at radius 2 is 2.06 bits per heavy atom. The van der Waals surface area contributed by atoms with Crippen LogP contribution in [0.1, 0.15) is 19.8 Å². The van der Waals surface area contributed by atoms with E-state index in [2.05, 4.69) is 31.4 Å². The summed E-state index contributed by atoms with van der Waals surface area (Å²) in [6.45, 7) is 5.66. The Hall–Kier alpha value is -3.52. The van der Waals surface area contributed by atoms with E-state index in [1.165, 1.54) is 4.90 Å². The van der Waals surface area contributed by atoms with Crippen LogP contribution in [-0.2, 0) is 16.1 Å². The van der Waals surface area contributed by atoms with Gasteiger partial charge >= 0.3 is 0 Å². The van der Waals surface area contributed by atoms with Crippen LogP contribution in [0.5, 0.6) is 0 Å². The molecule has 0 bridgehead atoms.